The second-order valence-corrected chi connectivity index (χ2v) is 9.23. The van der Waals surface area contributed by atoms with Crippen LogP contribution in [0.4, 0.5) is 30.7 Å². The summed E-state index contributed by atoms with van der Waals surface area (Å²) in [6, 6.07) is 2.67. The highest BCUT2D eigenvalue weighted by Crippen LogP contribution is 2.27. The lowest BCUT2D eigenvalue weighted by Gasteiger charge is -2.13. The summed E-state index contributed by atoms with van der Waals surface area (Å²) < 4.78 is 108. The molecule has 16 heteroatoms. The predicted octanol–water partition coefficient (Wildman–Crippen LogP) is 4.19. The zero-order valence-electron chi connectivity index (χ0n) is 19.8. The molecule has 4 rings (SSSR count). The number of aromatic nitrogens is 3. The first-order valence-corrected chi connectivity index (χ1v) is 12.1. The summed E-state index contributed by atoms with van der Waals surface area (Å²) in [6.07, 6.45) is -3.02. The Kier molecular flexibility index (Phi) is 9.68. The van der Waals surface area contributed by atoms with Crippen molar-refractivity contribution in [1.82, 2.24) is 25.6 Å². The topological polar surface area (TPSA) is 117 Å². The number of alkyl halides is 4. The van der Waals surface area contributed by atoms with Gasteiger partial charge in [0.25, 0.3) is 0 Å². The van der Waals surface area contributed by atoms with Crippen molar-refractivity contribution >= 4 is 17.0 Å². The largest absolute Gasteiger partial charge is 0.451 e. The molecule has 39 heavy (non-hydrogen) atoms. The van der Waals surface area contributed by atoms with Crippen LogP contribution in [0.15, 0.2) is 47.8 Å². The number of benzene rings is 1. The molecular formula is C23H22F7N5O3S. The maximum atomic E-state index is 14.0. The average Bonchev–Trinajstić information content (AvgIpc) is 3.23. The second-order valence-electron chi connectivity index (χ2n) is 8.26. The standard InChI is InChI=1S/C17H16F5N5O.C6H4F2O2S.H2/c1-8-11(18)3-14(27-8)15(28)24-4-9-2-13(23-7-12(9)19)10-5-25-16(26-6-10)17(20,21)22;7-5-2-1-4(11(9)10)3-6(5)8;/h2,5-8,11,14,27H,3-4H2,1H3,(H,24,28);1-3H,(H,9,10);1H/t8-,11+,14?;;/m0../s1. The molecule has 3 aromatic rings. The monoisotopic (exact) mass is 581 g/mol. The molecule has 1 aliphatic rings. The van der Waals surface area contributed by atoms with Crippen LogP contribution in [-0.2, 0) is 28.6 Å². The normalized spacial score (nSPS) is 19.7. The fraction of sp³-hybridized carbons (Fsp3) is 0.304. The van der Waals surface area contributed by atoms with Gasteiger partial charge < -0.3 is 15.2 Å². The Labute approximate surface area is 220 Å². The molecule has 1 amide bonds. The fourth-order valence-corrected chi connectivity index (χ4v) is 3.76. The smallest absolute Gasteiger partial charge is 0.351 e. The first kappa shape index (κ1) is 30.0. The number of hydrogen-bond donors (Lipinski definition) is 3. The van der Waals surface area contributed by atoms with Crippen LogP contribution in [0.25, 0.3) is 11.3 Å². The highest BCUT2D eigenvalue weighted by molar-refractivity contribution is 7.79. The SMILES string of the molecule is C[C@@H]1NC(C(=O)NCc2cc(-c3cnc(C(F)(F)F)nc3)ncc2F)C[C@H]1F.O=S(O)c1ccc(F)c(F)c1.[HH]. The van der Waals surface area contributed by atoms with Crippen molar-refractivity contribution in [2.24, 2.45) is 0 Å². The molecule has 0 spiro atoms. The van der Waals surface area contributed by atoms with Gasteiger partial charge in [0.05, 0.1) is 22.8 Å². The first-order chi connectivity index (χ1) is 18.3. The van der Waals surface area contributed by atoms with Crippen molar-refractivity contribution in [3.8, 4) is 11.3 Å². The summed E-state index contributed by atoms with van der Waals surface area (Å²) >= 11 is -2.25. The highest BCUT2D eigenvalue weighted by atomic mass is 32.2. The number of pyridine rings is 1. The molecule has 0 radical (unpaired) electrons. The van der Waals surface area contributed by atoms with Gasteiger partial charge in [-0.15, -0.1) is 0 Å². The Hall–Kier alpha value is -3.50. The van der Waals surface area contributed by atoms with Gasteiger partial charge in [-0.05, 0) is 31.2 Å². The van der Waals surface area contributed by atoms with Crippen LogP contribution in [0, 0.1) is 17.5 Å². The van der Waals surface area contributed by atoms with Crippen molar-refractivity contribution in [3.05, 3.63) is 71.7 Å². The first-order valence-electron chi connectivity index (χ1n) is 11.0. The summed E-state index contributed by atoms with van der Waals surface area (Å²) in [6.45, 7) is 1.43. The van der Waals surface area contributed by atoms with E-state index in [1.165, 1.54) is 6.07 Å². The number of nitrogens with zero attached hydrogens (tertiary/aromatic N) is 3. The number of hydrogen-bond acceptors (Lipinski definition) is 6. The van der Waals surface area contributed by atoms with Crippen molar-refractivity contribution in [1.29, 1.82) is 0 Å². The molecular weight excluding hydrogens is 559 g/mol. The number of amides is 1. The number of halogens is 7. The minimum absolute atomic E-state index is 0. The molecule has 1 aromatic carbocycles. The Morgan fingerprint density at radius 2 is 1.77 bits per heavy atom. The van der Waals surface area contributed by atoms with Gasteiger partial charge >= 0.3 is 6.18 Å². The molecule has 212 valence electrons. The van der Waals surface area contributed by atoms with E-state index in [0.717, 1.165) is 30.7 Å². The van der Waals surface area contributed by atoms with Gasteiger partial charge in [-0.1, -0.05) is 0 Å². The Bertz CT molecular complexity index is 1340. The summed E-state index contributed by atoms with van der Waals surface area (Å²) in [5.41, 5.74) is 0.379. The maximum absolute atomic E-state index is 14.0. The summed E-state index contributed by atoms with van der Waals surface area (Å²) in [4.78, 5) is 22.2. The molecule has 0 aliphatic carbocycles. The Morgan fingerprint density at radius 1 is 1.10 bits per heavy atom. The molecule has 3 heterocycles. The number of nitrogens with one attached hydrogen (secondary N) is 2. The summed E-state index contributed by atoms with van der Waals surface area (Å²) in [7, 11) is 0. The van der Waals surface area contributed by atoms with Crippen LogP contribution in [0.2, 0.25) is 0 Å². The zero-order valence-corrected chi connectivity index (χ0v) is 20.7. The molecule has 1 aliphatic heterocycles. The van der Waals surface area contributed by atoms with Gasteiger partial charge in [0.1, 0.15) is 12.0 Å². The third-order valence-corrected chi connectivity index (χ3v) is 6.12. The summed E-state index contributed by atoms with van der Waals surface area (Å²) in [5, 5.41) is 5.32. The molecule has 4 atom stereocenters. The number of rotatable bonds is 5. The van der Waals surface area contributed by atoms with E-state index >= 15 is 0 Å². The van der Waals surface area contributed by atoms with Crippen LogP contribution >= 0.6 is 0 Å². The predicted molar refractivity (Wildman–Crippen MR) is 125 cm³/mol. The van der Waals surface area contributed by atoms with Crippen LogP contribution in [0.5, 0.6) is 0 Å². The van der Waals surface area contributed by atoms with E-state index in [2.05, 4.69) is 25.6 Å². The molecule has 2 unspecified atom stereocenters. The van der Waals surface area contributed by atoms with E-state index in [1.807, 2.05) is 0 Å². The minimum atomic E-state index is -4.67. The maximum Gasteiger partial charge on any atom is 0.451 e. The number of carbonyl (C=O) groups excluding carboxylic acids is 1. The van der Waals surface area contributed by atoms with Gasteiger partial charge in [0.2, 0.25) is 11.7 Å². The molecule has 0 saturated carbocycles. The molecule has 2 aromatic heterocycles. The van der Waals surface area contributed by atoms with E-state index in [1.54, 1.807) is 6.92 Å². The van der Waals surface area contributed by atoms with Crippen LogP contribution in [0.3, 0.4) is 0 Å². The van der Waals surface area contributed by atoms with E-state index in [-0.39, 0.29) is 36.1 Å². The van der Waals surface area contributed by atoms with Crippen LogP contribution in [0.1, 0.15) is 26.2 Å². The molecule has 8 nitrogen and oxygen atoms in total. The quantitative estimate of drug-likeness (QED) is 0.306. The van der Waals surface area contributed by atoms with E-state index < -0.39 is 64.7 Å². The van der Waals surface area contributed by atoms with Crippen molar-refractivity contribution < 1.29 is 45.7 Å². The summed E-state index contributed by atoms with van der Waals surface area (Å²) in [5.74, 6) is -4.62. The lowest BCUT2D eigenvalue weighted by Crippen LogP contribution is -2.42. The van der Waals surface area contributed by atoms with Crippen LogP contribution in [-0.4, -0.2) is 47.9 Å². The lowest BCUT2D eigenvalue weighted by atomic mass is 10.1. The van der Waals surface area contributed by atoms with Crippen molar-refractivity contribution in [3.63, 3.8) is 0 Å². The molecule has 0 bridgehead atoms. The molecule has 1 fully saturated rings. The van der Waals surface area contributed by atoms with Crippen molar-refractivity contribution in [2.45, 2.75) is 49.2 Å². The Morgan fingerprint density at radius 3 is 2.31 bits per heavy atom. The zero-order chi connectivity index (χ0) is 28.9. The van der Waals surface area contributed by atoms with Crippen molar-refractivity contribution in [2.75, 3.05) is 0 Å². The average molecular weight is 582 g/mol. The molecule has 3 N–H and O–H groups in total. The second kappa shape index (κ2) is 12.6. The third kappa shape index (κ3) is 8.00. The van der Waals surface area contributed by atoms with Crippen LogP contribution < -0.4 is 10.6 Å². The van der Waals surface area contributed by atoms with Gasteiger partial charge in [-0.3, -0.25) is 9.78 Å². The van der Waals surface area contributed by atoms with Gasteiger partial charge in [0, 0.05) is 44.0 Å². The van der Waals surface area contributed by atoms with Gasteiger partial charge in [-0.2, -0.15) is 13.2 Å². The van der Waals surface area contributed by atoms with Gasteiger partial charge in [-0.25, -0.2) is 31.7 Å². The lowest BCUT2D eigenvalue weighted by molar-refractivity contribution is -0.145. The number of carbonyl (C=O) groups is 1. The van der Waals surface area contributed by atoms with Gasteiger partial charge in [0.15, 0.2) is 22.7 Å². The Balaban J connectivity index is 0.000000394. The molecule has 1 saturated heterocycles. The van der Waals surface area contributed by atoms with E-state index in [4.69, 9.17) is 4.55 Å². The van der Waals surface area contributed by atoms with E-state index in [9.17, 15) is 39.7 Å². The minimum Gasteiger partial charge on any atom is -0.351 e. The highest BCUT2D eigenvalue weighted by Gasteiger charge is 2.35. The third-order valence-electron chi connectivity index (χ3n) is 5.47. The fourth-order valence-electron chi connectivity index (χ4n) is 3.37. The van der Waals surface area contributed by atoms with E-state index in [0.29, 0.717) is 6.07 Å².